The van der Waals surface area contributed by atoms with Crippen LogP contribution in [0.2, 0.25) is 5.15 Å². The molecule has 20 heavy (non-hydrogen) atoms. The Hall–Kier alpha value is -1.89. The van der Waals surface area contributed by atoms with Gasteiger partial charge in [-0.25, -0.2) is 19.6 Å². The molecule has 0 spiro atoms. The number of hydrogen-bond acceptors (Lipinski definition) is 7. The summed E-state index contributed by atoms with van der Waals surface area (Å²) in [6.45, 7) is 5.52. The number of rotatable bonds is 6. The molecule has 0 aliphatic heterocycles. The number of nitrogens with one attached hydrogen (secondary N) is 1. The van der Waals surface area contributed by atoms with E-state index in [1.54, 1.807) is 20.8 Å². The van der Waals surface area contributed by atoms with Crippen molar-refractivity contribution in [2.24, 2.45) is 0 Å². The van der Waals surface area contributed by atoms with Crippen LogP contribution in [0.25, 0.3) is 0 Å². The quantitative estimate of drug-likeness (QED) is 0.631. The molecule has 0 aliphatic rings. The van der Waals surface area contributed by atoms with E-state index in [1.807, 2.05) is 0 Å². The lowest BCUT2D eigenvalue weighted by Gasteiger charge is -2.12. The highest BCUT2D eigenvalue weighted by Gasteiger charge is 2.18. The van der Waals surface area contributed by atoms with Crippen molar-refractivity contribution in [3.8, 4) is 0 Å². The molecule has 7 nitrogen and oxygen atoms in total. The number of carbonyl (C=O) groups excluding carboxylic acids is 2. The van der Waals surface area contributed by atoms with Crippen molar-refractivity contribution in [1.29, 1.82) is 0 Å². The molecule has 0 fully saturated rings. The fourth-order valence-corrected chi connectivity index (χ4v) is 1.50. The van der Waals surface area contributed by atoms with Crippen molar-refractivity contribution in [3.63, 3.8) is 0 Å². The number of nitrogens with zero attached hydrogens (tertiary/aromatic N) is 2. The first-order valence-electron chi connectivity index (χ1n) is 6.12. The van der Waals surface area contributed by atoms with Crippen molar-refractivity contribution < 1.29 is 19.1 Å². The molecule has 0 aromatic carbocycles. The van der Waals surface area contributed by atoms with E-state index in [2.05, 4.69) is 15.3 Å². The number of hydrogen-bond donors (Lipinski definition) is 1. The van der Waals surface area contributed by atoms with Crippen molar-refractivity contribution in [2.45, 2.75) is 26.8 Å². The van der Waals surface area contributed by atoms with Gasteiger partial charge in [-0.05, 0) is 20.8 Å². The Morgan fingerprint density at radius 2 is 2.00 bits per heavy atom. The fourth-order valence-electron chi connectivity index (χ4n) is 1.30. The van der Waals surface area contributed by atoms with Crippen LogP contribution < -0.4 is 5.32 Å². The monoisotopic (exact) mass is 301 g/mol. The summed E-state index contributed by atoms with van der Waals surface area (Å²) in [6.07, 6.45) is 1.24. The molecule has 1 aromatic rings. The summed E-state index contributed by atoms with van der Waals surface area (Å²) in [6, 6.07) is -0.625. The molecule has 0 amide bonds. The van der Waals surface area contributed by atoms with Crippen LogP contribution in [0.5, 0.6) is 0 Å². The van der Waals surface area contributed by atoms with Crippen LogP contribution in [-0.2, 0) is 14.3 Å². The third-order valence-electron chi connectivity index (χ3n) is 2.22. The molecular formula is C12H16ClN3O4. The van der Waals surface area contributed by atoms with Gasteiger partial charge in [0.2, 0.25) is 5.95 Å². The molecule has 110 valence electrons. The van der Waals surface area contributed by atoms with Gasteiger partial charge in [0.15, 0.2) is 0 Å². The maximum Gasteiger partial charge on any atom is 0.342 e. The van der Waals surface area contributed by atoms with Gasteiger partial charge in [0, 0.05) is 6.20 Å². The zero-order valence-corrected chi connectivity index (χ0v) is 12.2. The normalized spacial score (nSPS) is 11.6. The highest BCUT2D eigenvalue weighted by atomic mass is 35.5. The van der Waals surface area contributed by atoms with Gasteiger partial charge < -0.3 is 14.8 Å². The Morgan fingerprint density at radius 1 is 1.35 bits per heavy atom. The number of halogens is 1. The second kappa shape index (κ2) is 7.64. The summed E-state index contributed by atoms with van der Waals surface area (Å²) in [4.78, 5) is 30.8. The SMILES string of the molecule is CCOC(=O)c1cnc(N[C@@H](C)C(=O)OCC)nc1Cl. The number of anilines is 1. The predicted octanol–water partition coefficient (Wildman–Crippen LogP) is 1.67. The molecule has 0 saturated heterocycles. The van der Waals surface area contributed by atoms with E-state index in [9.17, 15) is 9.59 Å². The van der Waals surface area contributed by atoms with Crippen LogP contribution >= 0.6 is 11.6 Å². The summed E-state index contributed by atoms with van der Waals surface area (Å²) in [5, 5.41) is 2.69. The van der Waals surface area contributed by atoms with E-state index in [0.717, 1.165) is 0 Å². The Bertz CT molecular complexity index is 496. The number of aromatic nitrogens is 2. The first kappa shape index (κ1) is 16.2. The van der Waals surface area contributed by atoms with Crippen LogP contribution in [0, 0.1) is 0 Å². The van der Waals surface area contributed by atoms with Gasteiger partial charge in [0.25, 0.3) is 0 Å². The zero-order valence-electron chi connectivity index (χ0n) is 11.5. The minimum absolute atomic E-state index is 0.0444. The molecule has 0 radical (unpaired) electrons. The summed E-state index contributed by atoms with van der Waals surface area (Å²) in [7, 11) is 0. The fraction of sp³-hybridized carbons (Fsp3) is 0.500. The van der Waals surface area contributed by atoms with Gasteiger partial charge >= 0.3 is 11.9 Å². The maximum atomic E-state index is 11.5. The zero-order chi connectivity index (χ0) is 15.1. The largest absolute Gasteiger partial charge is 0.464 e. The minimum atomic E-state index is -0.625. The molecule has 8 heteroatoms. The van der Waals surface area contributed by atoms with E-state index in [4.69, 9.17) is 21.1 Å². The summed E-state index contributed by atoms with van der Waals surface area (Å²) in [5.41, 5.74) is 0.0721. The summed E-state index contributed by atoms with van der Waals surface area (Å²) >= 11 is 5.88. The lowest BCUT2D eigenvalue weighted by atomic mass is 10.3. The number of ether oxygens (including phenoxy) is 2. The van der Waals surface area contributed by atoms with Crippen LogP contribution in [-0.4, -0.2) is 41.2 Å². The Morgan fingerprint density at radius 3 is 2.55 bits per heavy atom. The molecule has 1 atom stereocenters. The van der Waals surface area contributed by atoms with Gasteiger partial charge in [-0.1, -0.05) is 11.6 Å². The topological polar surface area (TPSA) is 90.4 Å². The predicted molar refractivity (Wildman–Crippen MR) is 72.7 cm³/mol. The second-order valence-electron chi connectivity index (χ2n) is 3.74. The number of esters is 2. The highest BCUT2D eigenvalue weighted by Crippen LogP contribution is 2.15. The van der Waals surface area contributed by atoms with Crippen LogP contribution in [0.3, 0.4) is 0 Å². The molecule has 0 bridgehead atoms. The third-order valence-corrected chi connectivity index (χ3v) is 2.51. The van der Waals surface area contributed by atoms with E-state index in [1.165, 1.54) is 6.20 Å². The molecule has 0 aliphatic carbocycles. The molecule has 1 rings (SSSR count). The highest BCUT2D eigenvalue weighted by molar-refractivity contribution is 6.32. The lowest BCUT2D eigenvalue weighted by Crippen LogP contribution is -2.29. The van der Waals surface area contributed by atoms with Gasteiger partial charge in [0.05, 0.1) is 13.2 Å². The van der Waals surface area contributed by atoms with Crippen LogP contribution in [0.1, 0.15) is 31.1 Å². The van der Waals surface area contributed by atoms with E-state index < -0.39 is 18.0 Å². The van der Waals surface area contributed by atoms with Crippen molar-refractivity contribution >= 4 is 29.5 Å². The molecule has 1 N–H and O–H groups in total. The summed E-state index contributed by atoms with van der Waals surface area (Å²) < 4.78 is 9.64. The Balaban J connectivity index is 2.77. The standard InChI is InChI=1S/C12H16ClN3O4/c1-4-19-10(17)7(3)15-12-14-6-8(9(13)16-12)11(18)20-5-2/h6-7H,4-5H2,1-3H3,(H,14,15,16)/t7-/m0/s1. The molecule has 0 saturated carbocycles. The van der Waals surface area contributed by atoms with Crippen molar-refractivity contribution in [1.82, 2.24) is 9.97 Å². The maximum absolute atomic E-state index is 11.5. The first-order chi connectivity index (χ1) is 9.49. The lowest BCUT2D eigenvalue weighted by molar-refractivity contribution is -0.143. The Labute approximate surface area is 121 Å². The molecule has 1 heterocycles. The van der Waals surface area contributed by atoms with Crippen molar-refractivity contribution in [3.05, 3.63) is 16.9 Å². The average Bonchev–Trinajstić information content (AvgIpc) is 2.39. The van der Waals surface area contributed by atoms with E-state index in [-0.39, 0.29) is 29.9 Å². The Kier molecular flexibility index (Phi) is 6.17. The van der Waals surface area contributed by atoms with Gasteiger partial charge in [-0.15, -0.1) is 0 Å². The smallest absolute Gasteiger partial charge is 0.342 e. The third kappa shape index (κ3) is 4.34. The number of carbonyl (C=O) groups is 2. The van der Waals surface area contributed by atoms with Gasteiger partial charge in [-0.3, -0.25) is 0 Å². The van der Waals surface area contributed by atoms with Gasteiger partial charge in [-0.2, -0.15) is 0 Å². The van der Waals surface area contributed by atoms with Gasteiger partial charge in [0.1, 0.15) is 16.8 Å². The van der Waals surface area contributed by atoms with Crippen LogP contribution in [0.15, 0.2) is 6.20 Å². The summed E-state index contributed by atoms with van der Waals surface area (Å²) in [5.74, 6) is -0.896. The average molecular weight is 302 g/mol. The molecule has 0 unspecified atom stereocenters. The second-order valence-corrected chi connectivity index (χ2v) is 4.09. The first-order valence-corrected chi connectivity index (χ1v) is 6.50. The van der Waals surface area contributed by atoms with Crippen molar-refractivity contribution in [2.75, 3.05) is 18.5 Å². The van der Waals surface area contributed by atoms with Crippen LogP contribution in [0.4, 0.5) is 5.95 Å². The molecule has 1 aromatic heterocycles. The minimum Gasteiger partial charge on any atom is -0.464 e. The van der Waals surface area contributed by atoms with E-state index >= 15 is 0 Å². The van der Waals surface area contributed by atoms with E-state index in [0.29, 0.717) is 0 Å². The molecular weight excluding hydrogens is 286 g/mol.